The molecule has 0 aliphatic rings. The zero-order valence-corrected chi connectivity index (χ0v) is 13.7. The number of nitrogens with one attached hydrogen (secondary N) is 1. The first kappa shape index (κ1) is 19.4. The molecule has 5 nitrogen and oxygen atoms in total. The van der Waals surface area contributed by atoms with Gasteiger partial charge in [0.2, 0.25) is 5.91 Å². The highest BCUT2D eigenvalue weighted by atomic mass is 32.2. The fourth-order valence-corrected chi connectivity index (χ4v) is 2.34. The van der Waals surface area contributed by atoms with Crippen molar-refractivity contribution in [3.8, 4) is 0 Å². The highest BCUT2D eigenvalue weighted by Gasteiger charge is 2.30. The maximum absolute atomic E-state index is 12.0. The van der Waals surface area contributed by atoms with Gasteiger partial charge < -0.3 is 10.1 Å². The van der Waals surface area contributed by atoms with E-state index in [0.717, 1.165) is 6.26 Å². The lowest BCUT2D eigenvalue weighted by Crippen LogP contribution is -2.37. The van der Waals surface area contributed by atoms with Crippen LogP contribution in [0.4, 0.5) is 13.2 Å². The summed E-state index contributed by atoms with van der Waals surface area (Å²) in [6.07, 6.45) is -4.68. The van der Waals surface area contributed by atoms with Gasteiger partial charge in [-0.25, -0.2) is 8.42 Å². The van der Waals surface area contributed by atoms with Crippen molar-refractivity contribution < 1.29 is 31.1 Å². The second-order valence-corrected chi connectivity index (χ2v) is 7.16. The normalized spacial score (nSPS) is 15.0. The largest absolute Gasteiger partial charge is 0.411 e. The van der Waals surface area contributed by atoms with Crippen LogP contribution in [0.15, 0.2) is 29.2 Å². The van der Waals surface area contributed by atoms with Crippen LogP contribution in [0.25, 0.3) is 0 Å². The smallest absolute Gasteiger partial charge is 0.359 e. The van der Waals surface area contributed by atoms with Gasteiger partial charge in [0, 0.05) is 6.26 Å². The monoisotopic (exact) mass is 353 g/mol. The van der Waals surface area contributed by atoms with Crippen LogP contribution in [-0.2, 0) is 19.4 Å². The van der Waals surface area contributed by atoms with Gasteiger partial charge in [-0.2, -0.15) is 13.2 Å². The summed E-state index contributed by atoms with van der Waals surface area (Å²) in [6, 6.07) is 5.35. The molecular weight excluding hydrogens is 335 g/mol. The molecule has 0 saturated carbocycles. The van der Waals surface area contributed by atoms with E-state index in [4.69, 9.17) is 0 Å². The molecule has 0 aromatic heterocycles. The van der Waals surface area contributed by atoms with E-state index in [2.05, 4.69) is 10.1 Å². The van der Waals surface area contributed by atoms with E-state index < -0.39 is 40.7 Å². The second-order valence-electron chi connectivity index (χ2n) is 5.14. The van der Waals surface area contributed by atoms with E-state index in [1.807, 2.05) is 0 Å². The van der Waals surface area contributed by atoms with E-state index in [1.54, 1.807) is 6.92 Å². The minimum Gasteiger partial charge on any atom is -0.359 e. The third-order valence-corrected chi connectivity index (χ3v) is 4.16. The molecule has 130 valence electrons. The van der Waals surface area contributed by atoms with E-state index in [1.165, 1.54) is 31.2 Å². The molecule has 1 aromatic rings. The van der Waals surface area contributed by atoms with Crippen LogP contribution in [0.1, 0.15) is 25.5 Å². The molecule has 23 heavy (non-hydrogen) atoms. The average molecular weight is 353 g/mol. The van der Waals surface area contributed by atoms with Gasteiger partial charge in [-0.1, -0.05) is 12.1 Å². The molecule has 2 atom stereocenters. The van der Waals surface area contributed by atoms with E-state index >= 15 is 0 Å². The number of alkyl halides is 3. The van der Waals surface area contributed by atoms with Gasteiger partial charge in [-0.3, -0.25) is 4.79 Å². The van der Waals surface area contributed by atoms with Gasteiger partial charge in [0.15, 0.2) is 9.84 Å². The fourth-order valence-electron chi connectivity index (χ4n) is 1.71. The topological polar surface area (TPSA) is 72.5 Å². The number of hydrogen-bond donors (Lipinski definition) is 1. The number of carbonyl (C=O) groups excluding carboxylic acids is 1. The van der Waals surface area contributed by atoms with Crippen molar-refractivity contribution in [1.29, 1.82) is 0 Å². The minimum absolute atomic E-state index is 0.140. The Bertz CT molecular complexity index is 641. The Hall–Kier alpha value is -1.61. The Morgan fingerprint density at radius 1 is 1.22 bits per heavy atom. The van der Waals surface area contributed by atoms with Gasteiger partial charge in [-0.15, -0.1) is 0 Å². The molecule has 0 saturated heterocycles. The maximum atomic E-state index is 12.0. The summed E-state index contributed by atoms with van der Waals surface area (Å²) in [6.45, 7) is 1.35. The molecule has 1 amide bonds. The lowest BCUT2D eigenvalue weighted by Gasteiger charge is -2.19. The first-order chi connectivity index (χ1) is 10.4. The predicted molar refractivity (Wildman–Crippen MR) is 77.6 cm³/mol. The first-order valence-electron chi connectivity index (χ1n) is 6.69. The summed E-state index contributed by atoms with van der Waals surface area (Å²) in [7, 11) is -3.32. The molecular formula is C14H18F3NO4S. The van der Waals surface area contributed by atoms with Gasteiger partial charge in [0.05, 0.1) is 10.9 Å². The molecule has 1 aromatic carbocycles. The maximum Gasteiger partial charge on any atom is 0.411 e. The molecule has 0 heterocycles. The summed E-state index contributed by atoms with van der Waals surface area (Å²) in [5, 5.41) is 2.51. The highest BCUT2D eigenvalue weighted by molar-refractivity contribution is 7.90. The number of sulfone groups is 1. The Morgan fingerprint density at radius 2 is 1.74 bits per heavy atom. The number of hydrogen-bond acceptors (Lipinski definition) is 4. The third kappa shape index (κ3) is 6.57. The van der Waals surface area contributed by atoms with Crippen LogP contribution in [0, 0.1) is 0 Å². The van der Waals surface area contributed by atoms with Gasteiger partial charge in [0.25, 0.3) is 0 Å². The molecule has 0 bridgehead atoms. The highest BCUT2D eigenvalue weighted by Crippen LogP contribution is 2.18. The average Bonchev–Trinajstić information content (AvgIpc) is 2.43. The number of benzene rings is 1. The Labute approximate surface area is 132 Å². The molecule has 1 rings (SSSR count). The van der Waals surface area contributed by atoms with Gasteiger partial charge in [0.1, 0.15) is 12.7 Å². The molecule has 0 radical (unpaired) electrons. The van der Waals surface area contributed by atoms with Crippen molar-refractivity contribution in [2.75, 3.05) is 12.9 Å². The molecule has 0 aliphatic heterocycles. The molecule has 9 heteroatoms. The lowest BCUT2D eigenvalue weighted by atomic mass is 10.1. The molecule has 2 unspecified atom stereocenters. The summed E-state index contributed by atoms with van der Waals surface area (Å²) < 4.78 is 63.3. The summed E-state index contributed by atoms with van der Waals surface area (Å²) in [5.41, 5.74) is 0.619. The quantitative estimate of drug-likeness (QED) is 0.851. The van der Waals surface area contributed by atoms with E-state index in [0.29, 0.717) is 5.56 Å². The lowest BCUT2D eigenvalue weighted by molar-refractivity contribution is -0.185. The molecule has 0 aliphatic carbocycles. The number of amides is 1. The fraction of sp³-hybridized carbons (Fsp3) is 0.500. The van der Waals surface area contributed by atoms with Crippen LogP contribution in [0.5, 0.6) is 0 Å². The standard InChI is InChI=1S/C14H18F3NO4S/c1-9(11-4-6-12(7-5-11)23(3,20)21)18-13(19)10(2)22-8-14(15,16)17/h4-7,9-10H,8H2,1-3H3,(H,18,19). The van der Waals surface area contributed by atoms with Crippen molar-refractivity contribution in [2.24, 2.45) is 0 Å². The van der Waals surface area contributed by atoms with Gasteiger partial charge in [-0.05, 0) is 31.5 Å². The molecule has 0 spiro atoms. The van der Waals surface area contributed by atoms with Crippen molar-refractivity contribution in [1.82, 2.24) is 5.32 Å². The Morgan fingerprint density at radius 3 is 2.17 bits per heavy atom. The Kier molecular flexibility index (Phi) is 6.18. The van der Waals surface area contributed by atoms with Crippen LogP contribution < -0.4 is 5.32 Å². The van der Waals surface area contributed by atoms with Crippen molar-refractivity contribution >= 4 is 15.7 Å². The number of carbonyl (C=O) groups is 1. The van der Waals surface area contributed by atoms with Crippen molar-refractivity contribution in [3.05, 3.63) is 29.8 Å². The first-order valence-corrected chi connectivity index (χ1v) is 8.58. The van der Waals surface area contributed by atoms with Crippen LogP contribution in [0.2, 0.25) is 0 Å². The SMILES string of the molecule is CC(OCC(F)(F)F)C(=O)NC(C)c1ccc(S(C)(=O)=O)cc1. The van der Waals surface area contributed by atoms with Gasteiger partial charge >= 0.3 is 6.18 Å². The summed E-state index contributed by atoms with van der Waals surface area (Å²) in [4.78, 5) is 11.9. The number of rotatable bonds is 6. The Balaban J connectivity index is 2.65. The zero-order chi connectivity index (χ0) is 17.8. The van der Waals surface area contributed by atoms with Crippen LogP contribution in [0.3, 0.4) is 0 Å². The van der Waals surface area contributed by atoms with E-state index in [-0.39, 0.29) is 4.90 Å². The van der Waals surface area contributed by atoms with Crippen molar-refractivity contribution in [3.63, 3.8) is 0 Å². The van der Waals surface area contributed by atoms with Crippen LogP contribution in [-0.4, -0.2) is 39.5 Å². The predicted octanol–water partition coefficient (Wildman–Crippen LogP) is 2.23. The van der Waals surface area contributed by atoms with E-state index in [9.17, 15) is 26.4 Å². The van der Waals surface area contributed by atoms with Crippen molar-refractivity contribution in [2.45, 2.75) is 37.1 Å². The van der Waals surface area contributed by atoms with Crippen LogP contribution >= 0.6 is 0 Å². The number of halogens is 3. The number of ether oxygens (including phenoxy) is 1. The third-order valence-electron chi connectivity index (χ3n) is 3.03. The minimum atomic E-state index is -4.50. The zero-order valence-electron chi connectivity index (χ0n) is 12.8. The summed E-state index contributed by atoms with van der Waals surface area (Å²) >= 11 is 0. The summed E-state index contributed by atoms with van der Waals surface area (Å²) in [5.74, 6) is -0.686. The second kappa shape index (κ2) is 7.31. The molecule has 1 N–H and O–H groups in total. The molecule has 0 fully saturated rings.